The fourth-order valence-electron chi connectivity index (χ4n) is 2.95. The second-order valence-corrected chi connectivity index (χ2v) is 8.94. The number of fused-ring (bicyclic) bond motifs is 1. The Balaban J connectivity index is 1.58. The van der Waals surface area contributed by atoms with Gasteiger partial charge in [0.25, 0.3) is 0 Å². The molecule has 1 aliphatic heterocycles. The lowest BCUT2D eigenvalue weighted by Crippen LogP contribution is -2.41. The second-order valence-electron chi connectivity index (χ2n) is 5.92. The number of carbonyl (C=O) groups excluding carboxylic acids is 1. The summed E-state index contributed by atoms with van der Waals surface area (Å²) in [5, 5.41) is 4.56. The summed E-state index contributed by atoms with van der Waals surface area (Å²) < 4.78 is 28.0. The number of nitrogens with one attached hydrogen (secondary N) is 1. The number of rotatable bonds is 4. The Bertz CT molecular complexity index is 1080. The zero-order valence-corrected chi connectivity index (χ0v) is 15.8. The summed E-state index contributed by atoms with van der Waals surface area (Å²) in [7, 11) is -3.82. The quantitative estimate of drug-likeness (QED) is 0.720. The van der Waals surface area contributed by atoms with Crippen molar-refractivity contribution in [3.05, 3.63) is 53.0 Å². The molecule has 0 bridgehead atoms. The maximum absolute atomic E-state index is 12.7. The van der Waals surface area contributed by atoms with Gasteiger partial charge in [-0.1, -0.05) is 23.7 Å². The highest BCUT2D eigenvalue weighted by Crippen LogP contribution is 2.26. The van der Waals surface area contributed by atoms with E-state index in [4.69, 9.17) is 11.6 Å². The lowest BCUT2D eigenvalue weighted by molar-refractivity contribution is -0.118. The smallest absolute Gasteiger partial charge is 0.247 e. The summed E-state index contributed by atoms with van der Waals surface area (Å²) in [5.74, 6) is -0.281. The van der Waals surface area contributed by atoms with Crippen molar-refractivity contribution in [3.63, 3.8) is 0 Å². The molecule has 6 nitrogen and oxygen atoms in total. The third kappa shape index (κ3) is 3.21. The summed E-state index contributed by atoms with van der Waals surface area (Å²) in [6.45, 7) is 0.440. The van der Waals surface area contributed by atoms with Gasteiger partial charge in [0.1, 0.15) is 6.04 Å². The number of benzene rings is 2. The van der Waals surface area contributed by atoms with Crippen LogP contribution in [0.25, 0.3) is 10.8 Å². The van der Waals surface area contributed by atoms with Crippen LogP contribution in [0.15, 0.2) is 52.9 Å². The maximum atomic E-state index is 12.7. The fourth-order valence-corrected chi connectivity index (χ4v) is 5.06. The zero-order chi connectivity index (χ0) is 18.3. The standard InChI is InChI=1S/C17H14ClN3O3S2/c18-13-3-1-12-10-14(4-2-11(12)9-13)26(23,24)20-15-5-7-21(16(15)22)17-19-6-8-25-17/h1-4,6,8-10,15,20H,5,7H2/t15-/m0/s1. The van der Waals surface area contributed by atoms with E-state index >= 15 is 0 Å². The summed E-state index contributed by atoms with van der Waals surface area (Å²) in [4.78, 5) is 18.3. The number of sulfonamides is 1. The highest BCUT2D eigenvalue weighted by molar-refractivity contribution is 7.89. The Morgan fingerprint density at radius 1 is 1.19 bits per heavy atom. The van der Waals surface area contributed by atoms with Gasteiger partial charge in [-0.3, -0.25) is 9.69 Å². The van der Waals surface area contributed by atoms with Crippen LogP contribution in [0, 0.1) is 0 Å². The van der Waals surface area contributed by atoms with E-state index < -0.39 is 16.1 Å². The molecule has 3 aromatic rings. The van der Waals surface area contributed by atoms with Gasteiger partial charge in [0.2, 0.25) is 15.9 Å². The Kier molecular flexibility index (Phi) is 4.44. The molecule has 1 fully saturated rings. The van der Waals surface area contributed by atoms with Crippen LogP contribution in [-0.2, 0) is 14.8 Å². The molecule has 26 heavy (non-hydrogen) atoms. The first-order chi connectivity index (χ1) is 12.4. The van der Waals surface area contributed by atoms with Gasteiger partial charge in [-0.25, -0.2) is 13.4 Å². The van der Waals surface area contributed by atoms with E-state index in [1.165, 1.54) is 22.3 Å². The first-order valence-electron chi connectivity index (χ1n) is 7.86. The third-order valence-corrected chi connectivity index (χ3v) is 6.74. The van der Waals surface area contributed by atoms with E-state index in [0.717, 1.165) is 10.8 Å². The topological polar surface area (TPSA) is 79.4 Å². The number of nitrogens with zero attached hydrogens (tertiary/aromatic N) is 2. The molecule has 0 unspecified atom stereocenters. The molecule has 2 heterocycles. The predicted molar refractivity (Wildman–Crippen MR) is 102 cm³/mol. The molecular formula is C17H14ClN3O3S2. The van der Waals surface area contributed by atoms with Crippen molar-refractivity contribution in [2.75, 3.05) is 11.4 Å². The van der Waals surface area contributed by atoms with E-state index in [0.29, 0.717) is 23.1 Å². The molecule has 1 atom stereocenters. The van der Waals surface area contributed by atoms with Crippen LogP contribution in [0.3, 0.4) is 0 Å². The van der Waals surface area contributed by atoms with Crippen LogP contribution in [0.4, 0.5) is 5.13 Å². The third-order valence-electron chi connectivity index (χ3n) is 4.24. The van der Waals surface area contributed by atoms with Crippen LogP contribution in [0.5, 0.6) is 0 Å². The van der Waals surface area contributed by atoms with Crippen molar-refractivity contribution in [2.24, 2.45) is 0 Å². The predicted octanol–water partition coefficient (Wildman–Crippen LogP) is 3.03. The van der Waals surface area contributed by atoms with Gasteiger partial charge in [0, 0.05) is 23.1 Å². The fraction of sp³-hybridized carbons (Fsp3) is 0.176. The maximum Gasteiger partial charge on any atom is 0.247 e. The van der Waals surface area contributed by atoms with Gasteiger partial charge in [-0.15, -0.1) is 11.3 Å². The van der Waals surface area contributed by atoms with E-state index in [2.05, 4.69) is 9.71 Å². The first-order valence-corrected chi connectivity index (χ1v) is 10.6. The van der Waals surface area contributed by atoms with Gasteiger partial charge in [-0.2, -0.15) is 4.72 Å². The lowest BCUT2D eigenvalue weighted by atomic mass is 10.1. The molecule has 2 aromatic carbocycles. The van der Waals surface area contributed by atoms with Crippen molar-refractivity contribution < 1.29 is 13.2 Å². The average molecular weight is 408 g/mol. The number of hydrogen-bond donors (Lipinski definition) is 1. The lowest BCUT2D eigenvalue weighted by Gasteiger charge is -2.14. The number of thiazole rings is 1. The van der Waals surface area contributed by atoms with Gasteiger partial charge >= 0.3 is 0 Å². The van der Waals surface area contributed by atoms with Crippen LogP contribution < -0.4 is 9.62 Å². The number of hydrogen-bond acceptors (Lipinski definition) is 5. The van der Waals surface area contributed by atoms with Gasteiger partial charge in [0.05, 0.1) is 4.90 Å². The first kappa shape index (κ1) is 17.4. The SMILES string of the molecule is O=C1[C@@H](NS(=O)(=O)c2ccc3cc(Cl)ccc3c2)CCN1c1nccs1. The van der Waals surface area contributed by atoms with Crippen molar-refractivity contribution in [3.8, 4) is 0 Å². The van der Waals surface area contributed by atoms with Crippen LogP contribution in [0.1, 0.15) is 6.42 Å². The Hall–Kier alpha value is -2.00. The molecule has 0 saturated carbocycles. The molecule has 1 aliphatic rings. The van der Waals surface area contributed by atoms with Crippen molar-refractivity contribution in [1.29, 1.82) is 0 Å². The zero-order valence-electron chi connectivity index (χ0n) is 13.4. The summed E-state index contributed by atoms with van der Waals surface area (Å²) in [5.41, 5.74) is 0. The molecular weight excluding hydrogens is 394 g/mol. The molecule has 1 N–H and O–H groups in total. The van der Waals surface area contributed by atoms with Crippen LogP contribution >= 0.6 is 22.9 Å². The monoisotopic (exact) mass is 407 g/mol. The highest BCUT2D eigenvalue weighted by atomic mass is 35.5. The van der Waals surface area contributed by atoms with Crippen molar-refractivity contribution in [1.82, 2.24) is 9.71 Å². The number of anilines is 1. The molecule has 134 valence electrons. The largest absolute Gasteiger partial charge is 0.287 e. The van der Waals surface area contributed by atoms with E-state index in [1.54, 1.807) is 41.9 Å². The molecule has 0 spiro atoms. The van der Waals surface area contributed by atoms with E-state index in [-0.39, 0.29) is 10.8 Å². The molecule has 1 saturated heterocycles. The normalized spacial score (nSPS) is 18.0. The Morgan fingerprint density at radius 2 is 1.96 bits per heavy atom. The number of halogens is 1. The van der Waals surface area contributed by atoms with Gasteiger partial charge in [0.15, 0.2) is 5.13 Å². The van der Waals surface area contributed by atoms with Crippen molar-refractivity contribution in [2.45, 2.75) is 17.4 Å². The second kappa shape index (κ2) is 6.62. The number of amides is 1. The van der Waals surface area contributed by atoms with E-state index in [1.807, 2.05) is 0 Å². The molecule has 1 amide bonds. The van der Waals surface area contributed by atoms with Gasteiger partial charge < -0.3 is 0 Å². The minimum Gasteiger partial charge on any atom is -0.287 e. The number of aromatic nitrogens is 1. The van der Waals surface area contributed by atoms with Crippen LogP contribution in [-0.4, -0.2) is 31.9 Å². The summed E-state index contributed by atoms with van der Waals surface area (Å²) in [6, 6.07) is 9.25. The molecule has 1 aromatic heterocycles. The average Bonchev–Trinajstić information content (AvgIpc) is 3.25. The molecule has 0 radical (unpaired) electrons. The van der Waals surface area contributed by atoms with E-state index in [9.17, 15) is 13.2 Å². The minimum absolute atomic E-state index is 0.118. The highest BCUT2D eigenvalue weighted by Gasteiger charge is 2.36. The van der Waals surface area contributed by atoms with Crippen LogP contribution in [0.2, 0.25) is 5.02 Å². The molecule has 0 aliphatic carbocycles. The summed E-state index contributed by atoms with van der Waals surface area (Å²) >= 11 is 7.31. The minimum atomic E-state index is -3.82. The summed E-state index contributed by atoms with van der Waals surface area (Å²) in [6.07, 6.45) is 2.02. The van der Waals surface area contributed by atoms with Crippen molar-refractivity contribution >= 4 is 54.8 Å². The molecule has 9 heteroatoms. The molecule has 4 rings (SSSR count). The number of carbonyl (C=O) groups is 1. The Morgan fingerprint density at radius 3 is 2.73 bits per heavy atom. The van der Waals surface area contributed by atoms with Gasteiger partial charge in [-0.05, 0) is 41.5 Å². The Labute approximate surface area is 159 Å².